The maximum Gasteiger partial charge on any atom is 0.267 e. The Morgan fingerprint density at radius 2 is 1.24 bits per heavy atom. The summed E-state index contributed by atoms with van der Waals surface area (Å²) in [5.41, 5.74) is 0. The predicted octanol–water partition coefficient (Wildman–Crippen LogP) is 5.46. The maximum absolute atomic E-state index is 11.6. The second-order valence-electron chi connectivity index (χ2n) is 6.39. The Hall–Kier alpha value is -0.0900. The highest BCUT2D eigenvalue weighted by Crippen LogP contribution is 2.25. The molecule has 0 rings (SSSR count). The van der Waals surface area contributed by atoms with E-state index >= 15 is 0 Å². The number of hydrogen-bond acceptors (Lipinski definition) is 2. The van der Waals surface area contributed by atoms with Crippen molar-refractivity contribution in [2.75, 3.05) is 0 Å². The van der Waals surface area contributed by atoms with Crippen LogP contribution in [0.1, 0.15) is 91.9 Å². The molecule has 0 aliphatic rings. The number of rotatable bonds is 13. The highest BCUT2D eigenvalue weighted by molar-refractivity contribution is 7.86. The zero-order valence-corrected chi connectivity index (χ0v) is 15.3. The van der Waals surface area contributed by atoms with Crippen LogP contribution >= 0.6 is 0 Å². The summed E-state index contributed by atoms with van der Waals surface area (Å²) in [7, 11) is -3.90. The van der Waals surface area contributed by atoms with Gasteiger partial charge in [0.15, 0.2) is 0 Å². The molecule has 128 valence electrons. The topological polar surface area (TPSA) is 54.4 Å². The standard InChI is InChI=1S/C17H36O3S/c1-5-9-10-16(8-4)12-14-17(21(18,19)20)13-11-15(6-2)7-3/h15-17H,5-14H2,1-4H3,(H,18,19,20). The molecule has 0 heterocycles. The Morgan fingerprint density at radius 1 is 0.762 bits per heavy atom. The Bertz CT molecular complexity index is 334. The van der Waals surface area contributed by atoms with E-state index in [9.17, 15) is 13.0 Å². The smallest absolute Gasteiger partial charge is 0.267 e. The van der Waals surface area contributed by atoms with Crippen LogP contribution < -0.4 is 0 Å². The molecule has 21 heavy (non-hydrogen) atoms. The van der Waals surface area contributed by atoms with Crippen LogP contribution in [0.15, 0.2) is 0 Å². The van der Waals surface area contributed by atoms with Gasteiger partial charge in [0.25, 0.3) is 10.1 Å². The van der Waals surface area contributed by atoms with Crippen LogP contribution in [0.25, 0.3) is 0 Å². The van der Waals surface area contributed by atoms with Crippen LogP contribution in [0.3, 0.4) is 0 Å². The van der Waals surface area contributed by atoms with Crippen LogP contribution in [0.5, 0.6) is 0 Å². The van der Waals surface area contributed by atoms with E-state index in [1.165, 1.54) is 19.3 Å². The van der Waals surface area contributed by atoms with Crippen molar-refractivity contribution < 1.29 is 13.0 Å². The SMILES string of the molecule is CCCCC(CC)CCC(CCC(CC)CC)S(=O)(=O)O. The van der Waals surface area contributed by atoms with Crippen LogP contribution in [-0.2, 0) is 10.1 Å². The van der Waals surface area contributed by atoms with Gasteiger partial charge in [0.2, 0.25) is 0 Å². The van der Waals surface area contributed by atoms with Gasteiger partial charge in [0.05, 0.1) is 5.25 Å². The summed E-state index contributed by atoms with van der Waals surface area (Å²) < 4.78 is 32.7. The fraction of sp³-hybridized carbons (Fsp3) is 1.00. The molecule has 0 spiro atoms. The van der Waals surface area contributed by atoms with Gasteiger partial charge in [-0.3, -0.25) is 4.55 Å². The van der Waals surface area contributed by atoms with E-state index in [2.05, 4.69) is 27.7 Å². The molecule has 0 aromatic heterocycles. The summed E-state index contributed by atoms with van der Waals surface area (Å²) in [6.07, 6.45) is 9.90. The number of hydrogen-bond donors (Lipinski definition) is 1. The quantitative estimate of drug-likeness (QED) is 0.459. The Balaban J connectivity index is 4.43. The van der Waals surface area contributed by atoms with E-state index in [1.54, 1.807) is 0 Å². The van der Waals surface area contributed by atoms with Gasteiger partial charge in [-0.1, -0.05) is 66.2 Å². The average Bonchev–Trinajstić information content (AvgIpc) is 2.44. The van der Waals surface area contributed by atoms with Crippen molar-refractivity contribution in [3.63, 3.8) is 0 Å². The first kappa shape index (κ1) is 20.9. The summed E-state index contributed by atoms with van der Waals surface area (Å²) >= 11 is 0. The van der Waals surface area contributed by atoms with E-state index in [-0.39, 0.29) is 0 Å². The van der Waals surface area contributed by atoms with Crippen molar-refractivity contribution in [3.8, 4) is 0 Å². The molecule has 0 bridgehead atoms. The largest absolute Gasteiger partial charge is 0.285 e. The summed E-state index contributed by atoms with van der Waals surface area (Å²) in [5, 5.41) is -0.561. The lowest BCUT2D eigenvalue weighted by Crippen LogP contribution is -2.22. The van der Waals surface area contributed by atoms with E-state index in [1.807, 2.05) is 0 Å². The van der Waals surface area contributed by atoms with Gasteiger partial charge in [0, 0.05) is 0 Å². The maximum atomic E-state index is 11.6. The number of unbranched alkanes of at least 4 members (excludes halogenated alkanes) is 1. The van der Waals surface area contributed by atoms with Crippen molar-refractivity contribution in [2.45, 2.75) is 97.2 Å². The molecular formula is C17H36O3S. The van der Waals surface area contributed by atoms with Gasteiger partial charge in [-0.15, -0.1) is 0 Å². The molecule has 0 saturated heterocycles. The minimum Gasteiger partial charge on any atom is -0.285 e. The lowest BCUT2D eigenvalue weighted by atomic mass is 9.91. The van der Waals surface area contributed by atoms with Crippen molar-refractivity contribution >= 4 is 10.1 Å². The average molecular weight is 321 g/mol. The minimum absolute atomic E-state index is 0.561. The van der Waals surface area contributed by atoms with Crippen LogP contribution in [0.2, 0.25) is 0 Å². The van der Waals surface area contributed by atoms with Gasteiger partial charge < -0.3 is 0 Å². The third-order valence-corrected chi connectivity index (χ3v) is 6.23. The van der Waals surface area contributed by atoms with E-state index in [0.29, 0.717) is 24.7 Å². The second kappa shape index (κ2) is 11.5. The third kappa shape index (κ3) is 9.51. The first-order valence-electron chi connectivity index (χ1n) is 8.85. The highest BCUT2D eigenvalue weighted by Gasteiger charge is 2.24. The van der Waals surface area contributed by atoms with Crippen LogP contribution in [0, 0.1) is 11.8 Å². The monoisotopic (exact) mass is 320 g/mol. The third-order valence-electron chi connectivity index (χ3n) is 4.91. The summed E-state index contributed by atoms with van der Waals surface area (Å²) in [6, 6.07) is 0. The van der Waals surface area contributed by atoms with E-state index in [4.69, 9.17) is 0 Å². The van der Waals surface area contributed by atoms with Crippen LogP contribution in [0.4, 0.5) is 0 Å². The Kier molecular flexibility index (Phi) is 11.4. The molecule has 4 heteroatoms. The van der Waals surface area contributed by atoms with Crippen molar-refractivity contribution in [3.05, 3.63) is 0 Å². The molecule has 0 amide bonds. The molecule has 0 aromatic carbocycles. The molecule has 0 aliphatic carbocycles. The second-order valence-corrected chi connectivity index (χ2v) is 8.09. The first-order chi connectivity index (χ1) is 9.88. The zero-order chi connectivity index (χ0) is 16.3. The van der Waals surface area contributed by atoms with Crippen molar-refractivity contribution in [1.82, 2.24) is 0 Å². The molecule has 3 nitrogen and oxygen atoms in total. The van der Waals surface area contributed by atoms with Crippen molar-refractivity contribution in [1.29, 1.82) is 0 Å². The Morgan fingerprint density at radius 3 is 1.62 bits per heavy atom. The normalized spacial score (nSPS) is 15.3. The highest BCUT2D eigenvalue weighted by atomic mass is 32.2. The van der Waals surface area contributed by atoms with Gasteiger partial charge in [-0.25, -0.2) is 0 Å². The molecule has 2 atom stereocenters. The van der Waals surface area contributed by atoms with Gasteiger partial charge in [-0.05, 0) is 37.5 Å². The summed E-state index contributed by atoms with van der Waals surface area (Å²) in [6.45, 7) is 8.65. The van der Waals surface area contributed by atoms with Gasteiger partial charge in [-0.2, -0.15) is 8.42 Å². The van der Waals surface area contributed by atoms with Gasteiger partial charge in [0.1, 0.15) is 0 Å². The van der Waals surface area contributed by atoms with E-state index in [0.717, 1.165) is 32.1 Å². The summed E-state index contributed by atoms with van der Waals surface area (Å²) in [5.74, 6) is 1.18. The fourth-order valence-electron chi connectivity index (χ4n) is 3.03. The molecule has 0 aromatic rings. The molecule has 0 fully saturated rings. The predicted molar refractivity (Wildman–Crippen MR) is 91.2 cm³/mol. The van der Waals surface area contributed by atoms with Gasteiger partial charge >= 0.3 is 0 Å². The van der Waals surface area contributed by atoms with Crippen LogP contribution in [-0.4, -0.2) is 18.2 Å². The van der Waals surface area contributed by atoms with E-state index < -0.39 is 15.4 Å². The lowest BCUT2D eigenvalue weighted by Gasteiger charge is -2.20. The molecular weight excluding hydrogens is 284 g/mol. The molecule has 1 N–H and O–H groups in total. The Labute approximate surface area is 132 Å². The molecule has 0 saturated carbocycles. The molecule has 0 radical (unpaired) electrons. The molecule has 0 aliphatic heterocycles. The van der Waals surface area contributed by atoms with Crippen molar-refractivity contribution in [2.24, 2.45) is 11.8 Å². The zero-order valence-electron chi connectivity index (χ0n) is 14.5. The molecule has 2 unspecified atom stereocenters. The minimum atomic E-state index is -3.90. The fourth-order valence-corrected chi connectivity index (χ4v) is 3.90. The first-order valence-corrected chi connectivity index (χ1v) is 10.3. The lowest BCUT2D eigenvalue weighted by molar-refractivity contribution is 0.371. The summed E-state index contributed by atoms with van der Waals surface area (Å²) in [4.78, 5) is 0.